The van der Waals surface area contributed by atoms with Crippen molar-refractivity contribution >= 4 is 23.2 Å². The molecule has 1 aliphatic rings. The number of amides is 2. The lowest BCUT2D eigenvalue weighted by Gasteiger charge is -2.21. The highest BCUT2D eigenvalue weighted by molar-refractivity contribution is 6.31. The fourth-order valence-electron chi connectivity index (χ4n) is 2.71. The van der Waals surface area contributed by atoms with Crippen molar-refractivity contribution in [2.45, 2.75) is 26.2 Å². The molecule has 0 fully saturated rings. The zero-order chi connectivity index (χ0) is 19.9. The van der Waals surface area contributed by atoms with Crippen molar-refractivity contribution in [3.05, 3.63) is 65.4 Å². The Morgan fingerprint density at radius 2 is 1.56 bits per heavy atom. The van der Waals surface area contributed by atoms with Gasteiger partial charge in [0.2, 0.25) is 0 Å². The fraction of sp³-hybridized carbons (Fsp3) is 0.200. The Morgan fingerprint density at radius 1 is 1.00 bits per heavy atom. The van der Waals surface area contributed by atoms with Gasteiger partial charge in [-0.25, -0.2) is 13.7 Å². The first-order valence-corrected chi connectivity index (χ1v) is 8.23. The zero-order valence-corrected chi connectivity index (χ0v) is 15.0. The molecule has 0 atom stereocenters. The lowest BCUT2D eigenvalue weighted by Crippen LogP contribution is -2.32. The number of carbonyl (C=O) groups excluding carboxylic acids is 2. The van der Waals surface area contributed by atoms with Gasteiger partial charge in [0, 0.05) is 23.9 Å². The van der Waals surface area contributed by atoms with E-state index in [9.17, 15) is 18.4 Å². The highest BCUT2D eigenvalue weighted by Gasteiger charge is 2.33. The van der Waals surface area contributed by atoms with Crippen LogP contribution >= 0.6 is 0 Å². The molecule has 1 heterocycles. The molecular formula is C20H18F2N2O3. The molecule has 27 heavy (non-hydrogen) atoms. The quantitative estimate of drug-likeness (QED) is 0.635. The van der Waals surface area contributed by atoms with Gasteiger partial charge in [-0.15, -0.1) is 0 Å². The molecule has 0 aliphatic carbocycles. The van der Waals surface area contributed by atoms with Gasteiger partial charge in [-0.05, 0) is 23.1 Å². The molecule has 2 aromatic carbocycles. The summed E-state index contributed by atoms with van der Waals surface area (Å²) in [5, 5.41) is 11.7. The average Bonchev–Trinajstić information content (AvgIpc) is 2.85. The predicted octanol–water partition coefficient (Wildman–Crippen LogP) is 3.84. The fourth-order valence-corrected chi connectivity index (χ4v) is 2.71. The third-order valence-corrected chi connectivity index (χ3v) is 4.21. The summed E-state index contributed by atoms with van der Waals surface area (Å²) in [6.07, 6.45) is 1.06. The Bertz CT molecular complexity index is 937. The molecule has 140 valence electrons. The number of nitrogens with zero attached hydrogens (tertiary/aromatic N) is 1. The molecule has 2 amide bonds. The van der Waals surface area contributed by atoms with Crippen molar-refractivity contribution < 1.29 is 23.5 Å². The molecule has 5 nitrogen and oxygen atoms in total. The second-order valence-corrected chi connectivity index (χ2v) is 7.25. The van der Waals surface area contributed by atoms with E-state index in [0.717, 1.165) is 28.7 Å². The van der Waals surface area contributed by atoms with Crippen LogP contribution in [0.2, 0.25) is 0 Å². The maximum absolute atomic E-state index is 13.5. The molecule has 1 aliphatic heterocycles. The highest BCUT2D eigenvalue weighted by Crippen LogP contribution is 2.29. The maximum atomic E-state index is 13.5. The Balaban J connectivity index is 1.83. The van der Waals surface area contributed by atoms with Crippen LogP contribution in [-0.4, -0.2) is 16.9 Å². The second kappa shape index (κ2) is 6.50. The number of hydrogen-bond acceptors (Lipinski definition) is 4. The van der Waals surface area contributed by atoms with E-state index in [1.807, 2.05) is 32.9 Å². The molecule has 0 spiro atoms. The Kier molecular flexibility index (Phi) is 4.47. The van der Waals surface area contributed by atoms with Crippen molar-refractivity contribution in [3.8, 4) is 5.75 Å². The molecule has 2 N–H and O–H groups in total. The lowest BCUT2D eigenvalue weighted by atomic mass is 9.87. The first-order chi connectivity index (χ1) is 12.6. The third-order valence-electron chi connectivity index (χ3n) is 4.21. The topological polar surface area (TPSA) is 69.6 Å². The van der Waals surface area contributed by atoms with Crippen LogP contribution in [0.4, 0.5) is 20.2 Å². The van der Waals surface area contributed by atoms with Crippen molar-refractivity contribution in [1.29, 1.82) is 0 Å². The summed E-state index contributed by atoms with van der Waals surface area (Å²) in [5.41, 5.74) is 1.15. The van der Waals surface area contributed by atoms with Crippen LogP contribution in [0, 0.1) is 11.6 Å². The Morgan fingerprint density at radius 3 is 2.07 bits per heavy atom. The standard InChI is InChI=1S/C20H18F2N2O3/c1-20(2,3)11-4-6-13(7-5-11)24-17(25)10-16(19(24)27)23-12-8-14(21)18(26)15(22)9-12/h4-10,23,26H,1-3H3. The number of hydrogen-bond donors (Lipinski definition) is 2. The molecule has 0 aromatic heterocycles. The summed E-state index contributed by atoms with van der Waals surface area (Å²) < 4.78 is 26.9. The zero-order valence-electron chi connectivity index (χ0n) is 15.0. The summed E-state index contributed by atoms with van der Waals surface area (Å²) in [5.74, 6) is -4.67. The maximum Gasteiger partial charge on any atom is 0.281 e. The van der Waals surface area contributed by atoms with Crippen LogP contribution in [0.25, 0.3) is 0 Å². The summed E-state index contributed by atoms with van der Waals surface area (Å²) in [6.45, 7) is 6.15. The molecule has 0 bridgehead atoms. The SMILES string of the molecule is CC(C)(C)c1ccc(N2C(=O)C=C(Nc3cc(F)c(O)c(F)c3)C2=O)cc1. The summed E-state index contributed by atoms with van der Waals surface area (Å²) >= 11 is 0. The normalized spacial score (nSPS) is 14.6. The Labute approximate surface area is 154 Å². The van der Waals surface area contributed by atoms with Crippen LogP contribution in [0.1, 0.15) is 26.3 Å². The average molecular weight is 372 g/mol. The van der Waals surface area contributed by atoms with Crippen molar-refractivity contribution in [2.75, 3.05) is 10.2 Å². The van der Waals surface area contributed by atoms with Gasteiger partial charge in [-0.2, -0.15) is 0 Å². The number of halogens is 2. The summed E-state index contributed by atoms with van der Waals surface area (Å²) in [7, 11) is 0. The minimum atomic E-state index is -1.18. The van der Waals surface area contributed by atoms with E-state index in [4.69, 9.17) is 5.11 Å². The van der Waals surface area contributed by atoms with Crippen LogP contribution < -0.4 is 10.2 Å². The van der Waals surface area contributed by atoms with Crippen molar-refractivity contribution in [2.24, 2.45) is 0 Å². The molecule has 0 saturated heterocycles. The van der Waals surface area contributed by atoms with Gasteiger partial charge in [0.05, 0.1) is 5.69 Å². The van der Waals surface area contributed by atoms with Crippen molar-refractivity contribution in [3.63, 3.8) is 0 Å². The largest absolute Gasteiger partial charge is 0.503 e. The highest BCUT2D eigenvalue weighted by atomic mass is 19.1. The first kappa shape index (κ1) is 18.6. The molecule has 0 saturated carbocycles. The minimum Gasteiger partial charge on any atom is -0.503 e. The van der Waals surface area contributed by atoms with Crippen LogP contribution in [0.3, 0.4) is 0 Å². The first-order valence-electron chi connectivity index (χ1n) is 8.23. The number of carbonyl (C=O) groups is 2. The van der Waals surface area contributed by atoms with Gasteiger partial charge in [-0.3, -0.25) is 9.59 Å². The number of phenols is 1. The van der Waals surface area contributed by atoms with Gasteiger partial charge >= 0.3 is 0 Å². The predicted molar refractivity (Wildman–Crippen MR) is 97.4 cm³/mol. The van der Waals surface area contributed by atoms with Gasteiger partial charge in [0.15, 0.2) is 17.4 Å². The molecular weight excluding hydrogens is 354 g/mol. The number of rotatable bonds is 3. The molecule has 2 aromatic rings. The van der Waals surface area contributed by atoms with Gasteiger partial charge < -0.3 is 10.4 Å². The number of aromatic hydroxyl groups is 1. The van der Waals surface area contributed by atoms with Gasteiger partial charge in [0.25, 0.3) is 11.8 Å². The van der Waals surface area contributed by atoms with E-state index < -0.39 is 29.2 Å². The van der Waals surface area contributed by atoms with E-state index >= 15 is 0 Å². The van der Waals surface area contributed by atoms with E-state index in [1.54, 1.807) is 12.1 Å². The smallest absolute Gasteiger partial charge is 0.281 e. The molecule has 0 unspecified atom stereocenters. The monoisotopic (exact) mass is 372 g/mol. The van der Waals surface area contributed by atoms with E-state index in [-0.39, 0.29) is 16.8 Å². The lowest BCUT2D eigenvalue weighted by molar-refractivity contribution is -0.120. The number of nitrogens with one attached hydrogen (secondary N) is 1. The van der Waals surface area contributed by atoms with E-state index in [0.29, 0.717) is 5.69 Å². The molecule has 0 radical (unpaired) electrons. The van der Waals surface area contributed by atoms with Crippen molar-refractivity contribution in [1.82, 2.24) is 0 Å². The van der Waals surface area contributed by atoms with Crippen LogP contribution in [0.15, 0.2) is 48.2 Å². The minimum absolute atomic E-state index is 0.0739. The number of anilines is 2. The molecule has 3 rings (SSSR count). The summed E-state index contributed by atoms with van der Waals surface area (Å²) in [4.78, 5) is 25.8. The van der Waals surface area contributed by atoms with Crippen LogP contribution in [-0.2, 0) is 15.0 Å². The van der Waals surface area contributed by atoms with E-state index in [2.05, 4.69) is 5.32 Å². The van der Waals surface area contributed by atoms with E-state index in [1.165, 1.54) is 0 Å². The van der Waals surface area contributed by atoms with Gasteiger partial charge in [0.1, 0.15) is 5.70 Å². The third kappa shape index (κ3) is 3.53. The summed E-state index contributed by atoms with van der Waals surface area (Å²) in [6, 6.07) is 8.69. The Hall–Kier alpha value is -3.22. The molecule has 7 heteroatoms. The number of phenolic OH excluding ortho intramolecular Hbond substituents is 1. The number of benzene rings is 2. The number of imide groups is 1. The second-order valence-electron chi connectivity index (χ2n) is 7.25. The van der Waals surface area contributed by atoms with Crippen LogP contribution in [0.5, 0.6) is 5.75 Å². The van der Waals surface area contributed by atoms with Gasteiger partial charge in [-0.1, -0.05) is 32.9 Å².